The molecule has 1 heterocycles. The lowest BCUT2D eigenvalue weighted by atomic mass is 9.83. The van der Waals surface area contributed by atoms with Gasteiger partial charge < -0.3 is 10.6 Å². The largest absolute Gasteiger partial charge is 0.316 e. The van der Waals surface area contributed by atoms with E-state index >= 15 is 0 Å². The lowest BCUT2D eigenvalue weighted by Gasteiger charge is -2.31. The van der Waals surface area contributed by atoms with Crippen LogP contribution in [0.2, 0.25) is 0 Å². The topological polar surface area (TPSA) is 24.1 Å². The lowest BCUT2D eigenvalue weighted by molar-refractivity contribution is 0.256. The van der Waals surface area contributed by atoms with Crippen molar-refractivity contribution in [2.75, 3.05) is 19.6 Å². The van der Waals surface area contributed by atoms with E-state index in [1.165, 1.54) is 25.9 Å². The molecule has 1 aliphatic rings. The monoisotopic (exact) mass is 184 g/mol. The Labute approximate surface area is 82.5 Å². The van der Waals surface area contributed by atoms with Gasteiger partial charge in [0, 0.05) is 18.6 Å². The maximum absolute atomic E-state index is 3.62. The normalized spacial score (nSPS) is 29.5. The second-order valence-corrected chi connectivity index (χ2v) is 5.38. The van der Waals surface area contributed by atoms with Crippen LogP contribution in [0.4, 0.5) is 0 Å². The minimum absolute atomic E-state index is 0.255. The number of hydrogen-bond acceptors (Lipinski definition) is 2. The zero-order valence-corrected chi connectivity index (χ0v) is 9.54. The Morgan fingerprint density at radius 2 is 2.08 bits per heavy atom. The van der Waals surface area contributed by atoms with Gasteiger partial charge in [-0.3, -0.25) is 0 Å². The fourth-order valence-electron chi connectivity index (χ4n) is 1.83. The molecule has 0 amide bonds. The molecule has 0 aromatic carbocycles. The first-order chi connectivity index (χ1) is 5.97. The summed E-state index contributed by atoms with van der Waals surface area (Å²) in [6.07, 6.45) is 2.61. The van der Waals surface area contributed by atoms with Crippen molar-refractivity contribution in [3.8, 4) is 0 Å². The van der Waals surface area contributed by atoms with Gasteiger partial charge in [-0.25, -0.2) is 0 Å². The summed E-state index contributed by atoms with van der Waals surface area (Å²) in [6.45, 7) is 12.5. The maximum Gasteiger partial charge on any atom is 0.00967 e. The Morgan fingerprint density at radius 3 is 2.46 bits per heavy atom. The van der Waals surface area contributed by atoms with Crippen LogP contribution in [0.1, 0.15) is 40.5 Å². The molecule has 0 spiro atoms. The molecule has 1 fully saturated rings. The number of nitrogens with one attached hydrogen (secondary N) is 2. The minimum Gasteiger partial charge on any atom is -0.316 e. The molecule has 0 radical (unpaired) electrons. The molecular weight excluding hydrogens is 160 g/mol. The van der Waals surface area contributed by atoms with Crippen LogP contribution < -0.4 is 10.6 Å². The first-order valence-corrected chi connectivity index (χ1v) is 5.43. The molecule has 1 aliphatic heterocycles. The van der Waals surface area contributed by atoms with Gasteiger partial charge in [-0.1, -0.05) is 6.92 Å². The summed E-state index contributed by atoms with van der Waals surface area (Å²) in [5.74, 6) is 0. The van der Waals surface area contributed by atoms with Crippen molar-refractivity contribution in [3.63, 3.8) is 0 Å². The third-order valence-electron chi connectivity index (χ3n) is 3.08. The second kappa shape index (κ2) is 3.97. The summed E-state index contributed by atoms with van der Waals surface area (Å²) in [7, 11) is 0. The molecule has 78 valence electrons. The minimum atomic E-state index is 0.255. The molecule has 1 unspecified atom stereocenters. The number of rotatable bonds is 3. The van der Waals surface area contributed by atoms with Gasteiger partial charge in [-0.05, 0) is 45.6 Å². The lowest BCUT2D eigenvalue weighted by Crippen LogP contribution is -2.44. The van der Waals surface area contributed by atoms with Crippen LogP contribution in [0, 0.1) is 5.41 Å². The van der Waals surface area contributed by atoms with Gasteiger partial charge in [0.2, 0.25) is 0 Å². The molecular formula is C11H24N2. The predicted octanol–water partition coefficient (Wildman–Crippen LogP) is 1.76. The zero-order valence-electron chi connectivity index (χ0n) is 9.54. The maximum atomic E-state index is 3.62. The molecule has 1 rings (SSSR count). The molecule has 2 heteroatoms. The fraction of sp³-hybridized carbons (Fsp3) is 1.00. The summed E-state index contributed by atoms with van der Waals surface area (Å²) >= 11 is 0. The fourth-order valence-corrected chi connectivity index (χ4v) is 1.83. The van der Waals surface area contributed by atoms with Crippen molar-refractivity contribution in [2.45, 2.75) is 46.1 Å². The summed E-state index contributed by atoms with van der Waals surface area (Å²) in [5, 5.41) is 7.08. The van der Waals surface area contributed by atoms with Crippen molar-refractivity contribution >= 4 is 0 Å². The number of hydrogen-bond donors (Lipinski definition) is 2. The summed E-state index contributed by atoms with van der Waals surface area (Å²) in [6, 6.07) is 0. The molecule has 0 bridgehead atoms. The smallest absolute Gasteiger partial charge is 0.00967 e. The molecule has 0 saturated carbocycles. The van der Waals surface area contributed by atoms with Gasteiger partial charge in [0.15, 0.2) is 0 Å². The zero-order chi connectivity index (χ0) is 9.95. The van der Waals surface area contributed by atoms with Crippen molar-refractivity contribution in [1.82, 2.24) is 10.6 Å². The van der Waals surface area contributed by atoms with Gasteiger partial charge in [0.1, 0.15) is 0 Å². The van der Waals surface area contributed by atoms with E-state index in [4.69, 9.17) is 0 Å². The van der Waals surface area contributed by atoms with Gasteiger partial charge >= 0.3 is 0 Å². The van der Waals surface area contributed by atoms with E-state index in [0.717, 1.165) is 6.54 Å². The van der Waals surface area contributed by atoms with Crippen molar-refractivity contribution in [2.24, 2.45) is 5.41 Å². The highest BCUT2D eigenvalue weighted by Gasteiger charge is 2.32. The Balaban J connectivity index is 2.40. The molecule has 0 aromatic rings. The highest BCUT2D eigenvalue weighted by Crippen LogP contribution is 2.28. The van der Waals surface area contributed by atoms with E-state index in [-0.39, 0.29) is 5.54 Å². The third-order valence-corrected chi connectivity index (χ3v) is 3.08. The van der Waals surface area contributed by atoms with E-state index in [0.29, 0.717) is 5.41 Å². The standard InChI is InChI=1S/C11H24N2/c1-5-11(6-7-12-8-11)9-13-10(2,3)4/h12-13H,5-9H2,1-4H3. The molecule has 13 heavy (non-hydrogen) atoms. The Bertz CT molecular complexity index is 152. The quantitative estimate of drug-likeness (QED) is 0.698. The van der Waals surface area contributed by atoms with Crippen LogP contribution in [0.25, 0.3) is 0 Å². The van der Waals surface area contributed by atoms with E-state index in [1.54, 1.807) is 0 Å². The first-order valence-electron chi connectivity index (χ1n) is 5.43. The second-order valence-electron chi connectivity index (χ2n) is 5.38. The average molecular weight is 184 g/mol. The van der Waals surface area contributed by atoms with Crippen LogP contribution >= 0.6 is 0 Å². The van der Waals surface area contributed by atoms with Crippen molar-refractivity contribution < 1.29 is 0 Å². The van der Waals surface area contributed by atoms with Crippen molar-refractivity contribution in [3.05, 3.63) is 0 Å². The highest BCUT2D eigenvalue weighted by atomic mass is 15.0. The van der Waals surface area contributed by atoms with Crippen LogP contribution in [-0.2, 0) is 0 Å². The van der Waals surface area contributed by atoms with E-state index in [1.807, 2.05) is 0 Å². The molecule has 1 saturated heterocycles. The van der Waals surface area contributed by atoms with E-state index in [2.05, 4.69) is 38.3 Å². The Kier molecular flexibility index (Phi) is 3.36. The van der Waals surface area contributed by atoms with Gasteiger partial charge in [0.05, 0.1) is 0 Å². The summed E-state index contributed by atoms with van der Waals surface area (Å²) in [4.78, 5) is 0. The molecule has 2 nitrogen and oxygen atoms in total. The summed E-state index contributed by atoms with van der Waals surface area (Å²) in [5.41, 5.74) is 0.776. The van der Waals surface area contributed by atoms with Crippen LogP contribution in [0.15, 0.2) is 0 Å². The predicted molar refractivity (Wildman–Crippen MR) is 58.0 cm³/mol. The highest BCUT2D eigenvalue weighted by molar-refractivity contribution is 4.90. The Hall–Kier alpha value is -0.0800. The molecule has 0 aliphatic carbocycles. The van der Waals surface area contributed by atoms with Gasteiger partial charge in [-0.2, -0.15) is 0 Å². The van der Waals surface area contributed by atoms with E-state index in [9.17, 15) is 0 Å². The average Bonchev–Trinajstić information content (AvgIpc) is 2.49. The van der Waals surface area contributed by atoms with Gasteiger partial charge in [-0.15, -0.1) is 0 Å². The Morgan fingerprint density at radius 1 is 1.38 bits per heavy atom. The third kappa shape index (κ3) is 3.28. The molecule has 0 aromatic heterocycles. The van der Waals surface area contributed by atoms with Crippen LogP contribution in [0.3, 0.4) is 0 Å². The van der Waals surface area contributed by atoms with Crippen LogP contribution in [-0.4, -0.2) is 25.2 Å². The molecule has 2 N–H and O–H groups in total. The van der Waals surface area contributed by atoms with Crippen molar-refractivity contribution in [1.29, 1.82) is 0 Å². The first kappa shape index (κ1) is 11.0. The van der Waals surface area contributed by atoms with Gasteiger partial charge in [0.25, 0.3) is 0 Å². The summed E-state index contributed by atoms with van der Waals surface area (Å²) < 4.78 is 0. The molecule has 1 atom stereocenters. The van der Waals surface area contributed by atoms with Crippen LogP contribution in [0.5, 0.6) is 0 Å². The SMILES string of the molecule is CCC1(CNC(C)(C)C)CCNC1. The van der Waals surface area contributed by atoms with E-state index < -0.39 is 0 Å².